The highest BCUT2D eigenvalue weighted by atomic mass is 16.5. The van der Waals surface area contributed by atoms with Crippen LogP contribution in [0.1, 0.15) is 0 Å². The van der Waals surface area contributed by atoms with Gasteiger partial charge in [-0.1, -0.05) is 0 Å². The number of aliphatic hydroxyl groups is 1. The summed E-state index contributed by atoms with van der Waals surface area (Å²) >= 11 is 0. The second-order valence-corrected chi connectivity index (χ2v) is 2.34. The Kier molecular flexibility index (Phi) is 1.13. The summed E-state index contributed by atoms with van der Waals surface area (Å²) in [5.41, 5.74) is 0. The van der Waals surface area contributed by atoms with Crippen molar-refractivity contribution in [1.82, 2.24) is 9.55 Å². The van der Waals surface area contributed by atoms with E-state index in [4.69, 9.17) is 5.11 Å². The van der Waals surface area contributed by atoms with Gasteiger partial charge in [0.15, 0.2) is 5.82 Å². The standard InChI is InChI=1S/C6H7N3O2/c10-5-2-8-4-7-1-6(8)9(11)3-5/h1-2,4,10-11H,3H2. The zero-order valence-electron chi connectivity index (χ0n) is 5.68. The molecule has 1 aromatic heterocycles. The third kappa shape index (κ3) is 0.857. The van der Waals surface area contributed by atoms with Gasteiger partial charge in [0.05, 0.1) is 12.4 Å². The van der Waals surface area contributed by atoms with Crippen molar-refractivity contribution in [3.8, 4) is 0 Å². The van der Waals surface area contributed by atoms with Gasteiger partial charge < -0.3 is 5.11 Å². The predicted molar refractivity (Wildman–Crippen MR) is 38.3 cm³/mol. The van der Waals surface area contributed by atoms with Gasteiger partial charge in [0.25, 0.3) is 0 Å². The Morgan fingerprint density at radius 1 is 1.55 bits per heavy atom. The molecule has 1 aliphatic heterocycles. The average Bonchev–Trinajstić information content (AvgIpc) is 2.34. The van der Waals surface area contributed by atoms with Gasteiger partial charge in [0.2, 0.25) is 0 Å². The van der Waals surface area contributed by atoms with Gasteiger partial charge in [0.1, 0.15) is 18.6 Å². The molecule has 0 bridgehead atoms. The summed E-state index contributed by atoms with van der Waals surface area (Å²) < 4.78 is 1.54. The topological polar surface area (TPSA) is 61.5 Å². The number of aromatic nitrogens is 2. The SMILES string of the molecule is OC1=Cn2cncc2N(O)C1. The Morgan fingerprint density at radius 3 is 3.18 bits per heavy atom. The van der Waals surface area contributed by atoms with E-state index in [1.807, 2.05) is 0 Å². The van der Waals surface area contributed by atoms with E-state index in [2.05, 4.69) is 4.98 Å². The fourth-order valence-corrected chi connectivity index (χ4v) is 1.03. The molecule has 0 amide bonds. The molecule has 0 unspecified atom stereocenters. The van der Waals surface area contributed by atoms with Gasteiger partial charge in [-0.25, -0.2) is 10.0 Å². The molecule has 58 valence electrons. The summed E-state index contributed by atoms with van der Waals surface area (Å²) in [4.78, 5) is 3.79. The molecule has 0 aromatic carbocycles. The fraction of sp³-hybridized carbons (Fsp3) is 0.167. The van der Waals surface area contributed by atoms with Crippen LogP contribution >= 0.6 is 0 Å². The summed E-state index contributed by atoms with van der Waals surface area (Å²) in [6.45, 7) is 0.117. The highest BCUT2D eigenvalue weighted by Crippen LogP contribution is 2.17. The molecule has 1 aliphatic rings. The summed E-state index contributed by atoms with van der Waals surface area (Å²) in [6, 6.07) is 0. The van der Waals surface area contributed by atoms with Crippen LogP contribution in [0.2, 0.25) is 0 Å². The largest absolute Gasteiger partial charge is 0.509 e. The highest BCUT2D eigenvalue weighted by Gasteiger charge is 2.14. The first kappa shape index (κ1) is 6.23. The van der Waals surface area contributed by atoms with Crippen LogP contribution in [0.15, 0.2) is 18.3 Å². The van der Waals surface area contributed by atoms with Gasteiger partial charge in [0, 0.05) is 0 Å². The molecule has 1 aromatic rings. The molecule has 0 saturated carbocycles. The van der Waals surface area contributed by atoms with Gasteiger partial charge >= 0.3 is 0 Å². The number of fused-ring (bicyclic) bond motifs is 1. The van der Waals surface area contributed by atoms with Crippen LogP contribution in [-0.4, -0.2) is 26.4 Å². The molecule has 0 spiro atoms. The van der Waals surface area contributed by atoms with Crippen molar-refractivity contribution in [2.75, 3.05) is 11.6 Å². The third-order valence-corrected chi connectivity index (χ3v) is 1.51. The molecule has 11 heavy (non-hydrogen) atoms. The quantitative estimate of drug-likeness (QED) is 0.568. The maximum atomic E-state index is 9.19. The molecular weight excluding hydrogens is 146 g/mol. The summed E-state index contributed by atoms with van der Waals surface area (Å²) in [7, 11) is 0. The van der Waals surface area contributed by atoms with E-state index >= 15 is 0 Å². The number of rotatable bonds is 0. The van der Waals surface area contributed by atoms with E-state index in [1.165, 1.54) is 18.7 Å². The second-order valence-electron chi connectivity index (χ2n) is 2.34. The zero-order chi connectivity index (χ0) is 7.84. The van der Waals surface area contributed by atoms with Crippen LogP contribution in [0.25, 0.3) is 6.20 Å². The molecule has 2 rings (SSSR count). The van der Waals surface area contributed by atoms with Gasteiger partial charge in [-0.15, -0.1) is 0 Å². The van der Waals surface area contributed by atoms with Crippen molar-refractivity contribution in [1.29, 1.82) is 0 Å². The lowest BCUT2D eigenvalue weighted by Gasteiger charge is -2.20. The smallest absolute Gasteiger partial charge is 0.157 e. The number of imidazole rings is 1. The van der Waals surface area contributed by atoms with Crippen molar-refractivity contribution in [2.45, 2.75) is 0 Å². The van der Waals surface area contributed by atoms with Crippen molar-refractivity contribution in [3.63, 3.8) is 0 Å². The van der Waals surface area contributed by atoms with E-state index in [1.54, 1.807) is 4.57 Å². The molecular formula is C6H7N3O2. The number of aliphatic hydroxyl groups excluding tert-OH is 1. The molecule has 2 N–H and O–H groups in total. The number of anilines is 1. The van der Waals surface area contributed by atoms with Crippen LogP contribution in [0.5, 0.6) is 0 Å². The second kappa shape index (κ2) is 2.00. The van der Waals surface area contributed by atoms with Crippen LogP contribution in [0, 0.1) is 0 Å². The lowest BCUT2D eigenvalue weighted by Crippen LogP contribution is -2.26. The Labute approximate surface area is 62.8 Å². The predicted octanol–water partition coefficient (Wildman–Crippen LogP) is 0.449. The van der Waals surface area contributed by atoms with E-state index in [9.17, 15) is 5.21 Å². The molecule has 2 heterocycles. The third-order valence-electron chi connectivity index (χ3n) is 1.51. The number of nitrogens with zero attached hydrogens (tertiary/aromatic N) is 3. The Balaban J connectivity index is 2.51. The van der Waals surface area contributed by atoms with E-state index < -0.39 is 0 Å². The van der Waals surface area contributed by atoms with Crippen molar-refractivity contribution < 1.29 is 10.3 Å². The van der Waals surface area contributed by atoms with Gasteiger partial charge in [-0.3, -0.25) is 9.77 Å². The van der Waals surface area contributed by atoms with Crippen LogP contribution in [0.4, 0.5) is 5.82 Å². The number of hydroxylamine groups is 1. The molecule has 0 aliphatic carbocycles. The summed E-state index contributed by atoms with van der Waals surface area (Å²) in [5, 5.41) is 19.2. The number of hydrogen-bond acceptors (Lipinski definition) is 4. The zero-order valence-corrected chi connectivity index (χ0v) is 5.68. The monoisotopic (exact) mass is 153 g/mol. The van der Waals surface area contributed by atoms with Crippen molar-refractivity contribution >= 4 is 12.0 Å². The number of hydrogen-bond donors (Lipinski definition) is 2. The lowest BCUT2D eigenvalue weighted by molar-refractivity contribution is 0.235. The van der Waals surface area contributed by atoms with Crippen molar-refractivity contribution in [3.05, 3.63) is 18.3 Å². The van der Waals surface area contributed by atoms with Crippen LogP contribution in [0.3, 0.4) is 0 Å². The Bertz CT molecular complexity index is 305. The van der Waals surface area contributed by atoms with E-state index in [0.29, 0.717) is 5.82 Å². The van der Waals surface area contributed by atoms with E-state index in [-0.39, 0.29) is 12.3 Å². The Morgan fingerprint density at radius 2 is 2.36 bits per heavy atom. The summed E-state index contributed by atoms with van der Waals surface area (Å²) in [5.74, 6) is 0.667. The highest BCUT2D eigenvalue weighted by molar-refractivity contribution is 5.49. The average molecular weight is 153 g/mol. The van der Waals surface area contributed by atoms with E-state index in [0.717, 1.165) is 5.06 Å². The first-order chi connectivity index (χ1) is 5.27. The summed E-state index contributed by atoms with van der Waals surface area (Å²) in [6.07, 6.45) is 4.53. The first-order valence-corrected chi connectivity index (χ1v) is 3.15. The minimum atomic E-state index is 0.109. The van der Waals surface area contributed by atoms with Crippen molar-refractivity contribution in [2.24, 2.45) is 0 Å². The normalized spacial score (nSPS) is 16.1. The molecule has 0 radical (unpaired) electrons. The Hall–Kier alpha value is -1.49. The maximum absolute atomic E-state index is 9.19. The first-order valence-electron chi connectivity index (χ1n) is 3.15. The molecule has 5 heteroatoms. The van der Waals surface area contributed by atoms with Gasteiger partial charge in [-0.2, -0.15) is 0 Å². The molecule has 0 fully saturated rings. The van der Waals surface area contributed by atoms with Gasteiger partial charge in [-0.05, 0) is 0 Å². The molecule has 0 saturated heterocycles. The minimum Gasteiger partial charge on any atom is -0.509 e. The van der Waals surface area contributed by atoms with Crippen LogP contribution < -0.4 is 5.06 Å². The molecule has 5 nitrogen and oxygen atoms in total. The van der Waals surface area contributed by atoms with Crippen LogP contribution in [-0.2, 0) is 0 Å². The molecule has 0 atom stereocenters. The fourth-order valence-electron chi connectivity index (χ4n) is 1.03. The minimum absolute atomic E-state index is 0.109. The maximum Gasteiger partial charge on any atom is 0.157 e. The lowest BCUT2D eigenvalue weighted by atomic mass is 10.4.